The number of hydrogen-bond donors (Lipinski definition) is 2. The zero-order valence-electron chi connectivity index (χ0n) is 14.3. The zero-order chi connectivity index (χ0) is 16.9. The highest BCUT2D eigenvalue weighted by molar-refractivity contribution is 7.15. The van der Waals surface area contributed by atoms with E-state index < -0.39 is 0 Å². The van der Waals surface area contributed by atoms with Crippen LogP contribution in [0.4, 0.5) is 0 Å². The van der Waals surface area contributed by atoms with Crippen molar-refractivity contribution in [1.82, 2.24) is 14.7 Å². The summed E-state index contributed by atoms with van der Waals surface area (Å²) in [6.45, 7) is 2.13. The number of aliphatic hydroxyl groups excluding tert-OH is 1. The number of thiazole rings is 1. The van der Waals surface area contributed by atoms with Crippen LogP contribution in [0.25, 0.3) is 4.96 Å². The Morgan fingerprint density at radius 1 is 1.46 bits per heavy atom. The van der Waals surface area contributed by atoms with Crippen molar-refractivity contribution in [2.75, 3.05) is 6.61 Å². The van der Waals surface area contributed by atoms with Crippen LogP contribution in [-0.2, 0) is 11.2 Å². The third kappa shape index (κ3) is 4.16. The number of aromatic nitrogens is 2. The zero-order valence-corrected chi connectivity index (χ0v) is 15.1. The summed E-state index contributed by atoms with van der Waals surface area (Å²) in [5.41, 5.74) is 2.15. The molecule has 2 aromatic rings. The number of carbonyl (C=O) groups is 1. The van der Waals surface area contributed by atoms with Gasteiger partial charge in [-0.1, -0.05) is 19.3 Å². The standard InChI is InChI=1S/C18H27N3O2S/c1-13-11-21-15(12-24-18(21)19-13)7-8-17(23)20-16(9-10-22)14-5-3-2-4-6-14/h11-12,14,16,22H,2-10H2,1H3,(H,20,23). The molecule has 0 bridgehead atoms. The van der Waals surface area contributed by atoms with Gasteiger partial charge in [0.1, 0.15) is 0 Å². The van der Waals surface area contributed by atoms with Crippen molar-refractivity contribution in [3.8, 4) is 0 Å². The number of amides is 1. The number of carbonyl (C=O) groups excluding carboxylic acids is 1. The Kier molecular flexibility index (Phi) is 5.89. The SMILES string of the molecule is Cc1cn2c(CCC(=O)NC(CCO)C3CCCCC3)csc2n1. The number of nitrogens with one attached hydrogen (secondary N) is 1. The van der Waals surface area contributed by atoms with Crippen molar-refractivity contribution in [1.29, 1.82) is 0 Å². The lowest BCUT2D eigenvalue weighted by molar-refractivity contribution is -0.122. The Morgan fingerprint density at radius 2 is 2.25 bits per heavy atom. The minimum atomic E-state index is 0.0928. The number of hydrogen-bond acceptors (Lipinski definition) is 4. The number of fused-ring (bicyclic) bond motifs is 1. The second-order valence-electron chi connectivity index (χ2n) is 6.85. The van der Waals surface area contributed by atoms with Gasteiger partial charge in [0.05, 0.1) is 5.69 Å². The Hall–Kier alpha value is -1.40. The van der Waals surface area contributed by atoms with Crippen LogP contribution >= 0.6 is 11.3 Å². The predicted molar refractivity (Wildman–Crippen MR) is 96.3 cm³/mol. The number of rotatable bonds is 7. The van der Waals surface area contributed by atoms with E-state index in [1.54, 1.807) is 11.3 Å². The smallest absolute Gasteiger partial charge is 0.220 e. The third-order valence-corrected chi connectivity index (χ3v) is 5.91. The maximum Gasteiger partial charge on any atom is 0.220 e. The number of aryl methyl sites for hydroxylation is 2. The monoisotopic (exact) mass is 349 g/mol. The van der Waals surface area contributed by atoms with E-state index in [2.05, 4.69) is 20.1 Å². The second kappa shape index (κ2) is 8.12. The fourth-order valence-electron chi connectivity index (χ4n) is 3.74. The molecule has 0 aromatic carbocycles. The average molecular weight is 350 g/mol. The van der Waals surface area contributed by atoms with Crippen LogP contribution in [0.2, 0.25) is 0 Å². The first-order chi connectivity index (χ1) is 11.7. The van der Waals surface area contributed by atoms with Crippen LogP contribution < -0.4 is 5.32 Å². The molecule has 24 heavy (non-hydrogen) atoms. The lowest BCUT2D eigenvalue weighted by Crippen LogP contribution is -2.41. The molecule has 0 spiro atoms. The van der Waals surface area contributed by atoms with Crippen molar-refractivity contribution in [3.63, 3.8) is 0 Å². The van der Waals surface area contributed by atoms with Gasteiger partial charge in [-0.05, 0) is 38.5 Å². The largest absolute Gasteiger partial charge is 0.396 e. The van der Waals surface area contributed by atoms with Gasteiger partial charge in [0.25, 0.3) is 0 Å². The molecular weight excluding hydrogens is 322 g/mol. The molecule has 0 saturated heterocycles. The van der Waals surface area contributed by atoms with Gasteiger partial charge in [-0.15, -0.1) is 11.3 Å². The molecular formula is C18H27N3O2S. The summed E-state index contributed by atoms with van der Waals surface area (Å²) in [6.07, 6.45) is 10.0. The molecule has 3 rings (SSSR count). The van der Waals surface area contributed by atoms with Crippen LogP contribution in [0, 0.1) is 12.8 Å². The molecule has 1 aliphatic carbocycles. The van der Waals surface area contributed by atoms with E-state index in [1.807, 2.05) is 13.1 Å². The minimum Gasteiger partial charge on any atom is -0.396 e. The van der Waals surface area contributed by atoms with E-state index in [0.717, 1.165) is 22.8 Å². The first-order valence-electron chi connectivity index (χ1n) is 8.99. The molecule has 6 heteroatoms. The van der Waals surface area contributed by atoms with Crippen molar-refractivity contribution in [3.05, 3.63) is 23.0 Å². The van der Waals surface area contributed by atoms with Gasteiger partial charge in [-0.2, -0.15) is 0 Å². The van der Waals surface area contributed by atoms with Crippen LogP contribution in [0.3, 0.4) is 0 Å². The molecule has 2 heterocycles. The molecule has 132 valence electrons. The quantitative estimate of drug-likeness (QED) is 0.807. The van der Waals surface area contributed by atoms with E-state index in [9.17, 15) is 9.90 Å². The van der Waals surface area contributed by atoms with E-state index >= 15 is 0 Å². The van der Waals surface area contributed by atoms with Crippen LogP contribution in [-0.4, -0.2) is 33.0 Å². The minimum absolute atomic E-state index is 0.0928. The molecule has 2 N–H and O–H groups in total. The van der Waals surface area contributed by atoms with E-state index in [0.29, 0.717) is 18.8 Å². The van der Waals surface area contributed by atoms with Gasteiger partial charge in [-0.25, -0.2) is 4.98 Å². The third-order valence-electron chi connectivity index (χ3n) is 5.02. The summed E-state index contributed by atoms with van der Waals surface area (Å²) in [7, 11) is 0. The van der Waals surface area contributed by atoms with Crippen LogP contribution in [0.1, 0.15) is 56.3 Å². The second-order valence-corrected chi connectivity index (χ2v) is 7.68. The molecule has 1 saturated carbocycles. The van der Waals surface area contributed by atoms with Crippen molar-refractivity contribution in [2.45, 2.75) is 64.3 Å². The Balaban J connectivity index is 1.55. The van der Waals surface area contributed by atoms with Gasteiger partial charge in [0.15, 0.2) is 4.96 Å². The van der Waals surface area contributed by atoms with Gasteiger partial charge < -0.3 is 10.4 Å². The van der Waals surface area contributed by atoms with Crippen LogP contribution in [0.15, 0.2) is 11.6 Å². The lowest BCUT2D eigenvalue weighted by Gasteiger charge is -2.30. The molecule has 1 amide bonds. The summed E-state index contributed by atoms with van der Waals surface area (Å²) < 4.78 is 2.08. The van der Waals surface area contributed by atoms with Crippen molar-refractivity contribution >= 4 is 22.2 Å². The van der Waals surface area contributed by atoms with Crippen molar-refractivity contribution in [2.24, 2.45) is 5.92 Å². The topological polar surface area (TPSA) is 66.6 Å². The molecule has 1 fully saturated rings. The van der Waals surface area contributed by atoms with Crippen molar-refractivity contribution < 1.29 is 9.90 Å². The highest BCUT2D eigenvalue weighted by Crippen LogP contribution is 2.28. The fraction of sp³-hybridized carbons (Fsp3) is 0.667. The van der Waals surface area contributed by atoms with Crippen LogP contribution in [0.5, 0.6) is 0 Å². The fourth-order valence-corrected chi connectivity index (χ4v) is 4.70. The molecule has 0 aliphatic heterocycles. The molecule has 5 nitrogen and oxygen atoms in total. The Bertz CT molecular complexity index is 673. The number of nitrogens with zero attached hydrogens (tertiary/aromatic N) is 2. The van der Waals surface area contributed by atoms with E-state index in [-0.39, 0.29) is 18.6 Å². The predicted octanol–water partition coefficient (Wildman–Crippen LogP) is 3.08. The normalized spacial score (nSPS) is 17.2. The lowest BCUT2D eigenvalue weighted by atomic mass is 9.82. The first-order valence-corrected chi connectivity index (χ1v) is 9.87. The van der Waals surface area contributed by atoms with Gasteiger partial charge in [-0.3, -0.25) is 9.20 Å². The van der Waals surface area contributed by atoms with Gasteiger partial charge in [0.2, 0.25) is 5.91 Å². The van der Waals surface area contributed by atoms with Gasteiger partial charge in [0, 0.05) is 36.3 Å². The summed E-state index contributed by atoms with van der Waals surface area (Å²) in [5.74, 6) is 0.620. The molecule has 1 unspecified atom stereocenters. The summed E-state index contributed by atoms with van der Waals surface area (Å²) in [4.78, 5) is 17.8. The summed E-state index contributed by atoms with van der Waals surface area (Å²) in [6, 6.07) is 0.126. The number of imidazole rings is 1. The number of aliphatic hydroxyl groups is 1. The first kappa shape index (κ1) is 17.4. The maximum absolute atomic E-state index is 12.4. The molecule has 1 atom stereocenters. The highest BCUT2D eigenvalue weighted by Gasteiger charge is 2.24. The Labute approximate surface area is 147 Å². The Morgan fingerprint density at radius 3 is 3.00 bits per heavy atom. The summed E-state index contributed by atoms with van der Waals surface area (Å²) >= 11 is 1.62. The average Bonchev–Trinajstić information content (AvgIpc) is 3.12. The summed E-state index contributed by atoms with van der Waals surface area (Å²) in [5, 5.41) is 14.6. The molecule has 0 radical (unpaired) electrons. The molecule has 2 aromatic heterocycles. The highest BCUT2D eigenvalue weighted by atomic mass is 32.1. The van der Waals surface area contributed by atoms with E-state index in [4.69, 9.17) is 0 Å². The van der Waals surface area contributed by atoms with Gasteiger partial charge >= 0.3 is 0 Å². The maximum atomic E-state index is 12.4. The molecule has 1 aliphatic rings. The van der Waals surface area contributed by atoms with E-state index in [1.165, 1.54) is 32.1 Å².